The van der Waals surface area contributed by atoms with Crippen LogP contribution in [-0.2, 0) is 13.1 Å². The van der Waals surface area contributed by atoms with Gasteiger partial charge in [-0.25, -0.2) is 0 Å². The van der Waals surface area contributed by atoms with Crippen molar-refractivity contribution < 1.29 is 9.72 Å². The van der Waals surface area contributed by atoms with E-state index in [0.29, 0.717) is 30.1 Å². The number of nitrogens with one attached hydrogen (secondary N) is 1. The van der Waals surface area contributed by atoms with Crippen LogP contribution in [0, 0.1) is 17.0 Å². The third-order valence-corrected chi connectivity index (χ3v) is 5.53. The maximum atomic E-state index is 12.9. The SMILES string of the molecule is Cc1c(C(=O)N2CCC(c3nnc4n3CCNC4)CC2)cccc1[N+](=O)[O-]. The van der Waals surface area contributed by atoms with Gasteiger partial charge >= 0.3 is 0 Å². The number of nitrogens with zero attached hydrogens (tertiary/aromatic N) is 5. The van der Waals surface area contributed by atoms with Gasteiger partial charge in [0.25, 0.3) is 11.6 Å². The molecule has 0 radical (unpaired) electrons. The first-order valence-corrected chi connectivity index (χ1v) is 9.22. The average Bonchev–Trinajstić information content (AvgIpc) is 3.12. The summed E-state index contributed by atoms with van der Waals surface area (Å²) in [5.74, 6) is 2.15. The molecule has 0 bridgehead atoms. The van der Waals surface area contributed by atoms with E-state index >= 15 is 0 Å². The number of nitro groups is 1. The Morgan fingerprint density at radius 3 is 2.78 bits per heavy atom. The number of hydrogen-bond acceptors (Lipinski definition) is 6. The molecule has 1 aromatic carbocycles. The summed E-state index contributed by atoms with van der Waals surface area (Å²) in [5.41, 5.74) is 0.821. The van der Waals surface area contributed by atoms with Crippen LogP contribution in [0.5, 0.6) is 0 Å². The highest BCUT2D eigenvalue weighted by molar-refractivity contribution is 5.96. The molecular weight excluding hydrogens is 348 g/mol. The van der Waals surface area contributed by atoms with Crippen LogP contribution in [-0.4, -0.2) is 50.1 Å². The van der Waals surface area contributed by atoms with Gasteiger partial charge in [0, 0.05) is 49.3 Å². The lowest BCUT2D eigenvalue weighted by atomic mass is 9.94. The van der Waals surface area contributed by atoms with Crippen molar-refractivity contribution in [2.75, 3.05) is 19.6 Å². The molecule has 3 heterocycles. The summed E-state index contributed by atoms with van der Waals surface area (Å²) in [7, 11) is 0. The molecule has 4 rings (SSSR count). The molecule has 1 fully saturated rings. The summed E-state index contributed by atoms with van der Waals surface area (Å²) in [4.78, 5) is 25.4. The van der Waals surface area contributed by atoms with Gasteiger partial charge in [0.1, 0.15) is 11.6 Å². The minimum absolute atomic E-state index is 0.0144. The van der Waals surface area contributed by atoms with E-state index in [2.05, 4.69) is 20.1 Å². The smallest absolute Gasteiger partial charge is 0.273 e. The third kappa shape index (κ3) is 3.18. The zero-order valence-electron chi connectivity index (χ0n) is 15.2. The number of hydrogen-bond donors (Lipinski definition) is 1. The van der Waals surface area contributed by atoms with Crippen molar-refractivity contribution in [3.63, 3.8) is 0 Å². The molecule has 27 heavy (non-hydrogen) atoms. The van der Waals surface area contributed by atoms with Crippen molar-refractivity contribution in [3.05, 3.63) is 51.1 Å². The molecule has 0 saturated carbocycles. The number of benzene rings is 1. The summed E-state index contributed by atoms with van der Waals surface area (Å²) in [6.45, 7) is 5.41. The molecule has 1 aromatic heterocycles. The molecular formula is C18H22N6O3. The molecule has 1 amide bonds. The standard InChI is InChI=1S/C18H22N6O3/c1-12-14(3-2-4-15(12)24(26)27)18(25)22-8-5-13(6-9-22)17-21-20-16-11-19-7-10-23(16)17/h2-4,13,19H,5-11H2,1H3. The van der Waals surface area contributed by atoms with Crippen molar-refractivity contribution in [3.8, 4) is 0 Å². The molecule has 1 N–H and O–H groups in total. The van der Waals surface area contributed by atoms with E-state index in [-0.39, 0.29) is 11.6 Å². The maximum absolute atomic E-state index is 12.9. The Hall–Kier alpha value is -2.81. The van der Waals surface area contributed by atoms with Crippen LogP contribution in [0.1, 0.15) is 46.3 Å². The van der Waals surface area contributed by atoms with E-state index in [1.807, 2.05) is 0 Å². The highest BCUT2D eigenvalue weighted by atomic mass is 16.6. The Labute approximate surface area is 156 Å². The first-order valence-electron chi connectivity index (χ1n) is 9.22. The fourth-order valence-electron chi connectivity index (χ4n) is 3.98. The number of aromatic nitrogens is 3. The molecule has 2 aromatic rings. The Kier molecular flexibility index (Phi) is 4.61. The van der Waals surface area contributed by atoms with Crippen molar-refractivity contribution in [1.82, 2.24) is 25.0 Å². The predicted octanol–water partition coefficient (Wildman–Crippen LogP) is 1.62. The molecule has 0 aliphatic carbocycles. The summed E-state index contributed by atoms with van der Waals surface area (Å²) in [6.07, 6.45) is 1.65. The summed E-state index contributed by atoms with van der Waals surface area (Å²) in [6, 6.07) is 4.67. The number of likely N-dealkylation sites (tertiary alicyclic amines) is 1. The van der Waals surface area contributed by atoms with Crippen LogP contribution in [0.15, 0.2) is 18.2 Å². The summed E-state index contributed by atoms with van der Waals surface area (Å²) >= 11 is 0. The highest BCUT2D eigenvalue weighted by Crippen LogP contribution is 2.29. The Balaban J connectivity index is 1.47. The largest absolute Gasteiger partial charge is 0.339 e. The van der Waals surface area contributed by atoms with Crippen LogP contribution in [0.25, 0.3) is 0 Å². The van der Waals surface area contributed by atoms with E-state index in [9.17, 15) is 14.9 Å². The summed E-state index contributed by atoms with van der Waals surface area (Å²) in [5, 5.41) is 23.1. The van der Waals surface area contributed by atoms with Crippen LogP contribution in [0.4, 0.5) is 5.69 Å². The zero-order chi connectivity index (χ0) is 19.0. The number of amides is 1. The average molecular weight is 370 g/mol. The lowest BCUT2D eigenvalue weighted by Crippen LogP contribution is -2.39. The second-order valence-electron chi connectivity index (χ2n) is 7.08. The molecule has 1 saturated heterocycles. The van der Waals surface area contributed by atoms with Crippen molar-refractivity contribution in [2.24, 2.45) is 0 Å². The van der Waals surface area contributed by atoms with Crippen LogP contribution >= 0.6 is 0 Å². The van der Waals surface area contributed by atoms with E-state index in [1.165, 1.54) is 6.07 Å². The quantitative estimate of drug-likeness (QED) is 0.650. The monoisotopic (exact) mass is 370 g/mol. The summed E-state index contributed by atoms with van der Waals surface area (Å²) < 4.78 is 2.20. The van der Waals surface area contributed by atoms with Crippen LogP contribution in [0.2, 0.25) is 0 Å². The maximum Gasteiger partial charge on any atom is 0.273 e. The molecule has 0 unspecified atom stereocenters. The van der Waals surface area contributed by atoms with Gasteiger partial charge in [-0.3, -0.25) is 14.9 Å². The van der Waals surface area contributed by atoms with E-state index < -0.39 is 4.92 Å². The molecule has 0 spiro atoms. The van der Waals surface area contributed by atoms with Gasteiger partial charge in [-0.1, -0.05) is 6.07 Å². The second-order valence-corrected chi connectivity index (χ2v) is 7.08. The first kappa shape index (κ1) is 17.6. The van der Waals surface area contributed by atoms with Gasteiger partial charge in [-0.05, 0) is 25.8 Å². The minimum Gasteiger partial charge on any atom is -0.339 e. The number of carbonyl (C=O) groups is 1. The van der Waals surface area contributed by atoms with Gasteiger partial charge in [-0.15, -0.1) is 10.2 Å². The number of rotatable bonds is 3. The molecule has 2 aliphatic rings. The topological polar surface area (TPSA) is 106 Å². The fraction of sp³-hybridized carbons (Fsp3) is 0.500. The van der Waals surface area contributed by atoms with E-state index in [1.54, 1.807) is 24.0 Å². The van der Waals surface area contributed by atoms with Gasteiger partial charge in [0.2, 0.25) is 0 Å². The van der Waals surface area contributed by atoms with Crippen LogP contribution < -0.4 is 5.32 Å². The van der Waals surface area contributed by atoms with Crippen molar-refractivity contribution >= 4 is 11.6 Å². The number of piperidine rings is 1. The number of nitro benzene ring substituents is 1. The van der Waals surface area contributed by atoms with Gasteiger partial charge in [-0.2, -0.15) is 0 Å². The lowest BCUT2D eigenvalue weighted by molar-refractivity contribution is -0.385. The van der Waals surface area contributed by atoms with Gasteiger partial charge < -0.3 is 14.8 Å². The van der Waals surface area contributed by atoms with Crippen LogP contribution in [0.3, 0.4) is 0 Å². The van der Waals surface area contributed by atoms with Crippen molar-refractivity contribution in [2.45, 2.75) is 38.8 Å². The molecule has 9 heteroatoms. The number of fused-ring (bicyclic) bond motifs is 1. The fourth-order valence-corrected chi connectivity index (χ4v) is 3.98. The Morgan fingerprint density at radius 2 is 2.04 bits per heavy atom. The zero-order valence-corrected chi connectivity index (χ0v) is 15.2. The van der Waals surface area contributed by atoms with Crippen molar-refractivity contribution in [1.29, 1.82) is 0 Å². The molecule has 9 nitrogen and oxygen atoms in total. The van der Waals surface area contributed by atoms with Gasteiger partial charge in [0.05, 0.1) is 11.5 Å². The van der Waals surface area contributed by atoms with E-state index in [0.717, 1.165) is 44.1 Å². The lowest BCUT2D eigenvalue weighted by Gasteiger charge is -2.32. The predicted molar refractivity (Wildman–Crippen MR) is 97.4 cm³/mol. The Morgan fingerprint density at radius 1 is 1.26 bits per heavy atom. The second kappa shape index (κ2) is 7.07. The Bertz CT molecular complexity index is 885. The first-order chi connectivity index (χ1) is 13.1. The minimum atomic E-state index is -0.443. The molecule has 2 aliphatic heterocycles. The van der Waals surface area contributed by atoms with Gasteiger partial charge in [0.15, 0.2) is 0 Å². The normalized spacial score (nSPS) is 17.6. The molecule has 142 valence electrons. The highest BCUT2D eigenvalue weighted by Gasteiger charge is 2.30. The third-order valence-electron chi connectivity index (χ3n) is 5.53. The molecule has 0 atom stereocenters. The van der Waals surface area contributed by atoms with E-state index in [4.69, 9.17) is 0 Å². The number of carbonyl (C=O) groups excluding carboxylic acids is 1.